The normalized spacial score (nSPS) is 19.9. The van der Waals surface area contributed by atoms with Crippen LogP contribution in [0.1, 0.15) is 55.3 Å². The van der Waals surface area contributed by atoms with E-state index in [4.69, 9.17) is 0 Å². The Morgan fingerprint density at radius 1 is 1.32 bits per heavy atom. The predicted octanol–water partition coefficient (Wildman–Crippen LogP) is 4.46. The van der Waals surface area contributed by atoms with Gasteiger partial charge in [0.25, 0.3) is 0 Å². The number of hydrogen-bond acceptors (Lipinski definition) is 3. The lowest BCUT2D eigenvalue weighted by Gasteiger charge is -2.39. The Morgan fingerprint density at radius 2 is 2.04 bits per heavy atom. The summed E-state index contributed by atoms with van der Waals surface area (Å²) in [6.07, 6.45) is 2.00. The number of fused-ring (bicyclic) bond motifs is 1. The number of carbonyl (C=O) groups is 1. The highest BCUT2D eigenvalue weighted by Gasteiger charge is 2.33. The molecular formula is C20H25FN2OS. The highest BCUT2D eigenvalue weighted by atomic mass is 32.1. The minimum absolute atomic E-state index is 0.0222. The number of thiophene rings is 1. The van der Waals surface area contributed by atoms with Crippen LogP contribution in [-0.4, -0.2) is 23.4 Å². The van der Waals surface area contributed by atoms with Gasteiger partial charge in [-0.05, 0) is 61.4 Å². The summed E-state index contributed by atoms with van der Waals surface area (Å²) in [7, 11) is 0. The SMILES string of the molecule is CCC1c2ccsc2CCN1C(C)C(=O)NC(C)c1ccc(F)cc1. The zero-order valence-electron chi connectivity index (χ0n) is 15.0. The van der Waals surface area contributed by atoms with E-state index in [1.165, 1.54) is 22.6 Å². The molecule has 25 heavy (non-hydrogen) atoms. The van der Waals surface area contributed by atoms with Crippen LogP contribution < -0.4 is 5.32 Å². The van der Waals surface area contributed by atoms with Gasteiger partial charge in [-0.2, -0.15) is 0 Å². The van der Waals surface area contributed by atoms with Crippen molar-refractivity contribution in [3.63, 3.8) is 0 Å². The molecule has 3 unspecified atom stereocenters. The number of nitrogens with zero attached hydrogens (tertiary/aromatic N) is 1. The van der Waals surface area contributed by atoms with Crippen molar-refractivity contribution in [2.45, 2.75) is 51.7 Å². The molecule has 0 aliphatic carbocycles. The molecule has 0 fully saturated rings. The third-order valence-electron chi connectivity index (χ3n) is 5.13. The number of carbonyl (C=O) groups excluding carboxylic acids is 1. The van der Waals surface area contributed by atoms with Crippen molar-refractivity contribution in [1.82, 2.24) is 10.2 Å². The van der Waals surface area contributed by atoms with Gasteiger partial charge in [0.1, 0.15) is 5.82 Å². The molecule has 0 saturated heterocycles. The Morgan fingerprint density at radius 3 is 2.72 bits per heavy atom. The van der Waals surface area contributed by atoms with Crippen LogP contribution in [0.15, 0.2) is 35.7 Å². The highest BCUT2D eigenvalue weighted by molar-refractivity contribution is 7.10. The van der Waals surface area contributed by atoms with Gasteiger partial charge in [0.2, 0.25) is 5.91 Å². The van der Waals surface area contributed by atoms with Crippen LogP contribution in [0, 0.1) is 5.82 Å². The van der Waals surface area contributed by atoms with Gasteiger partial charge in [-0.25, -0.2) is 4.39 Å². The van der Waals surface area contributed by atoms with E-state index < -0.39 is 0 Å². The monoisotopic (exact) mass is 360 g/mol. The second-order valence-electron chi connectivity index (χ2n) is 6.67. The molecule has 0 spiro atoms. The Labute approximate surface area is 152 Å². The number of rotatable bonds is 5. The van der Waals surface area contributed by atoms with E-state index in [2.05, 4.69) is 28.6 Å². The molecule has 3 nitrogen and oxygen atoms in total. The third kappa shape index (κ3) is 3.77. The van der Waals surface area contributed by atoms with Crippen LogP contribution in [0.3, 0.4) is 0 Å². The Balaban J connectivity index is 1.68. The maximum atomic E-state index is 13.1. The molecule has 134 valence electrons. The average molecular weight is 360 g/mol. The molecule has 1 N–H and O–H groups in total. The second kappa shape index (κ2) is 7.67. The van der Waals surface area contributed by atoms with Gasteiger partial charge in [0.15, 0.2) is 0 Å². The number of benzene rings is 1. The lowest BCUT2D eigenvalue weighted by Crippen LogP contribution is -2.49. The van der Waals surface area contributed by atoms with Crippen molar-refractivity contribution < 1.29 is 9.18 Å². The van der Waals surface area contributed by atoms with Crippen LogP contribution in [-0.2, 0) is 11.2 Å². The largest absolute Gasteiger partial charge is 0.348 e. The number of amides is 1. The number of hydrogen-bond donors (Lipinski definition) is 1. The van der Waals surface area contributed by atoms with Crippen LogP contribution >= 0.6 is 11.3 Å². The Hall–Kier alpha value is -1.72. The topological polar surface area (TPSA) is 32.3 Å². The highest BCUT2D eigenvalue weighted by Crippen LogP contribution is 2.36. The third-order valence-corrected chi connectivity index (χ3v) is 6.13. The standard InChI is InChI=1S/C20H25FN2OS/c1-4-18-17-10-12-25-19(17)9-11-23(18)14(3)20(24)22-13(2)15-5-7-16(21)8-6-15/h5-8,10,12-14,18H,4,9,11H2,1-3H3,(H,22,24). The summed E-state index contributed by atoms with van der Waals surface area (Å²) in [5.41, 5.74) is 2.29. The quantitative estimate of drug-likeness (QED) is 0.854. The molecule has 1 aromatic carbocycles. The summed E-state index contributed by atoms with van der Waals surface area (Å²) in [5.74, 6) is -0.240. The summed E-state index contributed by atoms with van der Waals surface area (Å²) in [6, 6.07) is 8.46. The van der Waals surface area contributed by atoms with Crippen molar-refractivity contribution >= 4 is 17.2 Å². The Bertz CT molecular complexity index is 728. The lowest BCUT2D eigenvalue weighted by molar-refractivity contribution is -0.127. The molecular weight excluding hydrogens is 335 g/mol. The fraction of sp³-hybridized carbons (Fsp3) is 0.450. The fourth-order valence-corrected chi connectivity index (χ4v) is 4.58. The van der Waals surface area contributed by atoms with Gasteiger partial charge in [-0.3, -0.25) is 9.69 Å². The van der Waals surface area contributed by atoms with Crippen molar-refractivity contribution in [1.29, 1.82) is 0 Å². The second-order valence-corrected chi connectivity index (χ2v) is 7.67. The molecule has 5 heteroatoms. The summed E-state index contributed by atoms with van der Waals surface area (Å²) in [4.78, 5) is 16.5. The first-order chi connectivity index (χ1) is 12.0. The van der Waals surface area contributed by atoms with Crippen molar-refractivity contribution in [3.05, 3.63) is 57.5 Å². The van der Waals surface area contributed by atoms with Gasteiger partial charge in [-0.15, -0.1) is 11.3 Å². The minimum Gasteiger partial charge on any atom is -0.348 e. The van der Waals surface area contributed by atoms with Gasteiger partial charge in [-0.1, -0.05) is 19.1 Å². The molecule has 0 bridgehead atoms. The van der Waals surface area contributed by atoms with Crippen molar-refractivity contribution in [2.24, 2.45) is 0 Å². The van der Waals surface area contributed by atoms with Crippen LogP contribution in [0.5, 0.6) is 0 Å². The van der Waals surface area contributed by atoms with Crippen LogP contribution in [0.25, 0.3) is 0 Å². The fourth-order valence-electron chi connectivity index (χ4n) is 3.65. The first-order valence-electron chi connectivity index (χ1n) is 8.89. The van der Waals surface area contributed by atoms with E-state index in [1.807, 2.05) is 25.2 Å². The molecule has 0 radical (unpaired) electrons. The molecule has 0 saturated carbocycles. The molecule has 2 aromatic rings. The summed E-state index contributed by atoms with van der Waals surface area (Å²) in [5, 5.41) is 5.23. The molecule has 2 heterocycles. The predicted molar refractivity (Wildman–Crippen MR) is 100 cm³/mol. The first kappa shape index (κ1) is 18.1. The van der Waals surface area contributed by atoms with E-state index in [0.29, 0.717) is 6.04 Å². The molecule has 3 rings (SSSR count). The summed E-state index contributed by atoms with van der Waals surface area (Å²) < 4.78 is 13.1. The number of nitrogens with one attached hydrogen (secondary N) is 1. The van der Waals surface area contributed by atoms with Crippen LogP contribution in [0.2, 0.25) is 0 Å². The van der Waals surface area contributed by atoms with Gasteiger partial charge < -0.3 is 5.32 Å². The number of halogens is 1. The summed E-state index contributed by atoms with van der Waals surface area (Å²) in [6.45, 7) is 7.00. The average Bonchev–Trinajstić information content (AvgIpc) is 3.09. The molecule has 1 aromatic heterocycles. The Kier molecular flexibility index (Phi) is 5.54. The zero-order valence-corrected chi connectivity index (χ0v) is 15.8. The van der Waals surface area contributed by atoms with Gasteiger partial charge >= 0.3 is 0 Å². The first-order valence-corrected chi connectivity index (χ1v) is 9.77. The summed E-state index contributed by atoms with van der Waals surface area (Å²) >= 11 is 1.82. The lowest BCUT2D eigenvalue weighted by atomic mass is 9.96. The van der Waals surface area contributed by atoms with Gasteiger partial charge in [0, 0.05) is 17.5 Å². The molecule has 1 aliphatic rings. The van der Waals surface area contributed by atoms with E-state index in [9.17, 15) is 9.18 Å². The molecule has 3 atom stereocenters. The van der Waals surface area contributed by atoms with E-state index in [0.717, 1.165) is 24.9 Å². The molecule has 1 amide bonds. The maximum Gasteiger partial charge on any atom is 0.237 e. The minimum atomic E-state index is -0.263. The van der Waals surface area contributed by atoms with Gasteiger partial charge in [0.05, 0.1) is 12.1 Å². The van der Waals surface area contributed by atoms with E-state index in [1.54, 1.807) is 12.1 Å². The van der Waals surface area contributed by atoms with Crippen molar-refractivity contribution in [2.75, 3.05) is 6.54 Å². The van der Waals surface area contributed by atoms with Crippen LogP contribution in [0.4, 0.5) is 4.39 Å². The molecule has 1 aliphatic heterocycles. The van der Waals surface area contributed by atoms with E-state index in [-0.39, 0.29) is 23.8 Å². The smallest absolute Gasteiger partial charge is 0.237 e. The van der Waals surface area contributed by atoms with Crippen molar-refractivity contribution in [3.8, 4) is 0 Å². The maximum absolute atomic E-state index is 13.1. The van der Waals surface area contributed by atoms with E-state index >= 15 is 0 Å². The zero-order chi connectivity index (χ0) is 18.0.